The maximum absolute atomic E-state index is 13.8. The van der Waals surface area contributed by atoms with Crippen LogP contribution in [0.15, 0.2) is 18.2 Å². The van der Waals surface area contributed by atoms with Crippen molar-refractivity contribution in [1.29, 1.82) is 0 Å². The van der Waals surface area contributed by atoms with Gasteiger partial charge in [-0.1, -0.05) is 24.6 Å². The first-order chi connectivity index (χ1) is 8.61. The van der Waals surface area contributed by atoms with Crippen molar-refractivity contribution >= 4 is 0 Å². The minimum Gasteiger partial charge on any atom is -0.329 e. The molecule has 0 radical (unpaired) electrons. The zero-order chi connectivity index (χ0) is 13.1. The van der Waals surface area contributed by atoms with Crippen molar-refractivity contribution in [3.63, 3.8) is 0 Å². The van der Waals surface area contributed by atoms with Crippen molar-refractivity contribution in [3.8, 4) is 0 Å². The maximum Gasteiger partial charge on any atom is 0.127 e. The average molecular weight is 250 g/mol. The highest BCUT2D eigenvalue weighted by Crippen LogP contribution is 2.25. The third kappa shape index (κ3) is 2.90. The van der Waals surface area contributed by atoms with Crippen LogP contribution in [-0.2, 0) is 6.54 Å². The largest absolute Gasteiger partial charge is 0.329 e. The van der Waals surface area contributed by atoms with Crippen LogP contribution in [0.1, 0.15) is 30.9 Å². The van der Waals surface area contributed by atoms with Crippen LogP contribution in [0.3, 0.4) is 0 Å². The highest BCUT2D eigenvalue weighted by atomic mass is 19.1. The van der Waals surface area contributed by atoms with E-state index < -0.39 is 0 Å². The van der Waals surface area contributed by atoms with Gasteiger partial charge in [0.1, 0.15) is 5.82 Å². The Morgan fingerprint density at radius 2 is 2.22 bits per heavy atom. The molecule has 0 bridgehead atoms. The molecule has 0 aliphatic carbocycles. The number of benzene rings is 1. The molecule has 2 atom stereocenters. The van der Waals surface area contributed by atoms with Gasteiger partial charge < -0.3 is 5.73 Å². The molecular weight excluding hydrogens is 227 g/mol. The van der Waals surface area contributed by atoms with Crippen molar-refractivity contribution in [2.24, 2.45) is 11.7 Å². The molecule has 3 heteroatoms. The molecule has 1 aromatic rings. The predicted octanol–water partition coefficient (Wildman–Crippen LogP) is 2.69. The molecule has 2 nitrogen and oxygen atoms in total. The third-order valence-corrected chi connectivity index (χ3v) is 4.05. The van der Waals surface area contributed by atoms with Gasteiger partial charge in [-0.2, -0.15) is 0 Å². The summed E-state index contributed by atoms with van der Waals surface area (Å²) in [5, 5.41) is 0. The third-order valence-electron chi connectivity index (χ3n) is 4.05. The number of hydrogen-bond donors (Lipinski definition) is 1. The normalized spacial score (nSPS) is 25.3. The molecule has 2 unspecified atom stereocenters. The molecule has 1 heterocycles. The van der Waals surface area contributed by atoms with E-state index >= 15 is 0 Å². The maximum atomic E-state index is 13.8. The van der Waals surface area contributed by atoms with Crippen LogP contribution in [0, 0.1) is 18.7 Å². The van der Waals surface area contributed by atoms with E-state index in [9.17, 15) is 4.39 Å². The van der Waals surface area contributed by atoms with E-state index in [-0.39, 0.29) is 5.82 Å². The van der Waals surface area contributed by atoms with E-state index in [0.29, 0.717) is 25.0 Å². The summed E-state index contributed by atoms with van der Waals surface area (Å²) in [7, 11) is 0. The number of likely N-dealkylation sites (tertiary alicyclic amines) is 1. The predicted molar refractivity (Wildman–Crippen MR) is 72.8 cm³/mol. The number of piperidine rings is 1. The van der Waals surface area contributed by atoms with Crippen molar-refractivity contribution in [2.75, 3.05) is 13.1 Å². The van der Waals surface area contributed by atoms with Gasteiger partial charge in [0, 0.05) is 24.7 Å². The van der Waals surface area contributed by atoms with Gasteiger partial charge in [-0.05, 0) is 38.3 Å². The Labute approximate surface area is 109 Å². The van der Waals surface area contributed by atoms with Crippen LogP contribution in [0.2, 0.25) is 0 Å². The van der Waals surface area contributed by atoms with Gasteiger partial charge in [0.05, 0.1) is 0 Å². The van der Waals surface area contributed by atoms with E-state index in [0.717, 1.165) is 17.7 Å². The Morgan fingerprint density at radius 1 is 1.44 bits per heavy atom. The van der Waals surface area contributed by atoms with E-state index in [1.807, 2.05) is 19.1 Å². The summed E-state index contributed by atoms with van der Waals surface area (Å²) in [4.78, 5) is 2.34. The first-order valence-electron chi connectivity index (χ1n) is 6.81. The monoisotopic (exact) mass is 250 g/mol. The van der Waals surface area contributed by atoms with Gasteiger partial charge in [0.2, 0.25) is 0 Å². The Morgan fingerprint density at radius 3 is 2.94 bits per heavy atom. The fourth-order valence-corrected chi connectivity index (χ4v) is 2.96. The topological polar surface area (TPSA) is 29.3 Å². The lowest BCUT2D eigenvalue weighted by atomic mass is 9.90. The molecule has 1 aliphatic rings. The lowest BCUT2D eigenvalue weighted by Gasteiger charge is -2.39. The lowest BCUT2D eigenvalue weighted by Crippen LogP contribution is -2.48. The average Bonchev–Trinajstić information content (AvgIpc) is 2.34. The summed E-state index contributed by atoms with van der Waals surface area (Å²) >= 11 is 0. The molecule has 0 aromatic heterocycles. The smallest absolute Gasteiger partial charge is 0.127 e. The Balaban J connectivity index is 2.14. The second-order valence-electron chi connectivity index (χ2n) is 5.49. The zero-order valence-electron chi connectivity index (χ0n) is 11.3. The number of halogens is 1. The van der Waals surface area contributed by atoms with E-state index in [4.69, 9.17) is 5.73 Å². The number of aryl methyl sites for hydroxylation is 1. The Bertz CT molecular complexity index is 405. The summed E-state index contributed by atoms with van der Waals surface area (Å²) in [6.07, 6.45) is 2.42. The van der Waals surface area contributed by atoms with Crippen molar-refractivity contribution in [3.05, 3.63) is 35.1 Å². The molecule has 1 aromatic carbocycles. The molecular formula is C15H23FN2. The van der Waals surface area contributed by atoms with Crippen LogP contribution < -0.4 is 5.73 Å². The van der Waals surface area contributed by atoms with Gasteiger partial charge in [-0.3, -0.25) is 4.90 Å². The molecule has 0 amide bonds. The molecule has 0 saturated carbocycles. The number of nitrogens with zero attached hydrogens (tertiary/aromatic N) is 1. The minimum absolute atomic E-state index is 0.102. The summed E-state index contributed by atoms with van der Waals surface area (Å²) in [5.41, 5.74) is 7.78. The van der Waals surface area contributed by atoms with Crippen molar-refractivity contribution in [1.82, 2.24) is 4.90 Å². The summed E-state index contributed by atoms with van der Waals surface area (Å²) in [6, 6.07) is 5.72. The Kier molecular flexibility index (Phi) is 4.36. The van der Waals surface area contributed by atoms with Gasteiger partial charge in [0.25, 0.3) is 0 Å². The van der Waals surface area contributed by atoms with E-state index in [1.54, 1.807) is 6.07 Å². The quantitative estimate of drug-likeness (QED) is 0.893. The van der Waals surface area contributed by atoms with Gasteiger partial charge in [0.15, 0.2) is 0 Å². The van der Waals surface area contributed by atoms with Crippen LogP contribution in [0.5, 0.6) is 0 Å². The highest BCUT2D eigenvalue weighted by Gasteiger charge is 2.27. The van der Waals surface area contributed by atoms with Gasteiger partial charge in [-0.25, -0.2) is 4.39 Å². The molecule has 2 N–H and O–H groups in total. The number of rotatable bonds is 3. The highest BCUT2D eigenvalue weighted by molar-refractivity contribution is 5.24. The summed E-state index contributed by atoms with van der Waals surface area (Å²) < 4.78 is 13.8. The lowest BCUT2D eigenvalue weighted by molar-refractivity contribution is 0.0979. The summed E-state index contributed by atoms with van der Waals surface area (Å²) in [6.45, 7) is 6.62. The van der Waals surface area contributed by atoms with Gasteiger partial charge >= 0.3 is 0 Å². The SMILES string of the molecule is Cc1ccc(F)c(CN2CCCC(C)C2CN)c1. The molecule has 18 heavy (non-hydrogen) atoms. The van der Waals surface area contributed by atoms with Crippen LogP contribution in [-0.4, -0.2) is 24.0 Å². The van der Waals surface area contributed by atoms with Crippen LogP contribution in [0.4, 0.5) is 4.39 Å². The second-order valence-corrected chi connectivity index (χ2v) is 5.49. The molecule has 0 spiro atoms. The zero-order valence-corrected chi connectivity index (χ0v) is 11.3. The molecule has 1 saturated heterocycles. The number of nitrogens with two attached hydrogens (primary N) is 1. The van der Waals surface area contributed by atoms with Crippen LogP contribution in [0.25, 0.3) is 0 Å². The van der Waals surface area contributed by atoms with E-state index in [2.05, 4.69) is 11.8 Å². The first-order valence-corrected chi connectivity index (χ1v) is 6.81. The molecule has 2 rings (SSSR count). The van der Waals surface area contributed by atoms with Crippen molar-refractivity contribution in [2.45, 2.75) is 39.3 Å². The minimum atomic E-state index is -0.102. The Hall–Kier alpha value is -0.930. The summed E-state index contributed by atoms with van der Waals surface area (Å²) in [5.74, 6) is 0.506. The first kappa shape index (κ1) is 13.5. The van der Waals surface area contributed by atoms with Crippen LogP contribution >= 0.6 is 0 Å². The standard InChI is InChI=1S/C15H23FN2/c1-11-5-6-14(16)13(8-11)10-18-7-3-4-12(2)15(18)9-17/h5-6,8,12,15H,3-4,7,9-10,17H2,1-2H3. The fourth-order valence-electron chi connectivity index (χ4n) is 2.96. The second kappa shape index (κ2) is 5.81. The molecule has 100 valence electrons. The fraction of sp³-hybridized carbons (Fsp3) is 0.600. The van der Waals surface area contributed by atoms with Gasteiger partial charge in [-0.15, -0.1) is 0 Å². The molecule has 1 aliphatic heterocycles. The van der Waals surface area contributed by atoms with Crippen molar-refractivity contribution < 1.29 is 4.39 Å². The van der Waals surface area contributed by atoms with E-state index in [1.165, 1.54) is 12.8 Å². The molecule has 1 fully saturated rings. The number of hydrogen-bond acceptors (Lipinski definition) is 2.